The molecule has 0 aliphatic carbocycles. The van der Waals surface area contributed by atoms with Gasteiger partial charge in [-0.05, 0) is 30.3 Å². The Bertz CT molecular complexity index is 721. The summed E-state index contributed by atoms with van der Waals surface area (Å²) in [5.41, 5.74) is 0.200. The van der Waals surface area contributed by atoms with E-state index in [9.17, 15) is 13.2 Å². The highest BCUT2D eigenvalue weighted by Crippen LogP contribution is 2.29. The van der Waals surface area contributed by atoms with E-state index in [1.807, 2.05) is 0 Å². The minimum absolute atomic E-state index is 0.299. The number of ether oxygens (including phenoxy) is 1. The van der Waals surface area contributed by atoms with Gasteiger partial charge in [0.25, 0.3) is 0 Å². The molecule has 0 amide bonds. The minimum Gasteiger partial charge on any atom is -0.488 e. The van der Waals surface area contributed by atoms with Crippen LogP contribution in [-0.2, 0) is 6.18 Å². The maximum absolute atomic E-state index is 12.7. The fourth-order valence-corrected chi connectivity index (χ4v) is 1.76. The van der Waals surface area contributed by atoms with Gasteiger partial charge in [-0.1, -0.05) is 42.7 Å². The van der Waals surface area contributed by atoms with Crippen LogP contribution in [0.15, 0.2) is 61.2 Å². The summed E-state index contributed by atoms with van der Waals surface area (Å²) in [4.78, 5) is 0. The van der Waals surface area contributed by atoms with Crippen LogP contribution in [0.4, 0.5) is 13.2 Å². The van der Waals surface area contributed by atoms with Crippen LogP contribution in [0.1, 0.15) is 16.7 Å². The molecule has 0 N–H and O–H groups in total. The van der Waals surface area contributed by atoms with Gasteiger partial charge in [-0.15, -0.1) is 0 Å². The number of halogens is 3. The Kier molecular flexibility index (Phi) is 4.90. The third-order valence-corrected chi connectivity index (χ3v) is 2.78. The highest BCUT2D eigenvalue weighted by molar-refractivity contribution is 5.50. The molecule has 0 spiro atoms. The number of hydrogen-bond donors (Lipinski definition) is 0. The molecule has 0 aromatic heterocycles. The predicted molar refractivity (Wildman–Crippen MR) is 79.6 cm³/mol. The van der Waals surface area contributed by atoms with E-state index in [-0.39, 0.29) is 0 Å². The quantitative estimate of drug-likeness (QED) is 0.591. The molecule has 0 bridgehead atoms. The third-order valence-electron chi connectivity index (χ3n) is 2.78. The summed E-state index contributed by atoms with van der Waals surface area (Å²) in [7, 11) is 0. The van der Waals surface area contributed by atoms with Crippen molar-refractivity contribution in [2.45, 2.75) is 6.18 Å². The molecule has 112 valence electrons. The van der Waals surface area contributed by atoms with Gasteiger partial charge in [0.05, 0.1) is 11.1 Å². The van der Waals surface area contributed by atoms with Crippen LogP contribution in [0.3, 0.4) is 0 Å². The van der Waals surface area contributed by atoms with E-state index in [1.54, 1.807) is 30.3 Å². The van der Waals surface area contributed by atoms with Gasteiger partial charge in [-0.25, -0.2) is 0 Å². The summed E-state index contributed by atoms with van der Waals surface area (Å²) >= 11 is 0. The zero-order valence-corrected chi connectivity index (χ0v) is 11.7. The molecular weight excluding hydrogens is 289 g/mol. The maximum atomic E-state index is 12.7. The highest BCUT2D eigenvalue weighted by atomic mass is 19.4. The lowest BCUT2D eigenvalue weighted by Gasteiger charge is -2.06. The second kappa shape index (κ2) is 6.86. The molecule has 0 fully saturated rings. The standard InChI is InChI=1S/C18H13F3O/c1-2-12-22-17-9-4-3-7-15(17)11-10-14-6-5-8-16(13-14)18(19,20)21/h2-9,13H,1,12H2. The Morgan fingerprint density at radius 1 is 1.05 bits per heavy atom. The topological polar surface area (TPSA) is 9.23 Å². The molecule has 0 saturated heterocycles. The molecule has 2 aromatic rings. The first-order valence-electron chi connectivity index (χ1n) is 6.52. The molecule has 2 rings (SSSR count). The van der Waals surface area contributed by atoms with Gasteiger partial charge in [0.1, 0.15) is 12.4 Å². The summed E-state index contributed by atoms with van der Waals surface area (Å²) in [6, 6.07) is 12.0. The Labute approximate surface area is 127 Å². The molecule has 0 radical (unpaired) electrons. The maximum Gasteiger partial charge on any atom is 0.416 e. The van der Waals surface area contributed by atoms with Crippen molar-refractivity contribution in [3.8, 4) is 17.6 Å². The minimum atomic E-state index is -4.37. The lowest BCUT2D eigenvalue weighted by Crippen LogP contribution is -2.04. The average molecular weight is 302 g/mol. The second-order valence-corrected chi connectivity index (χ2v) is 4.42. The molecule has 0 atom stereocenters. The first-order valence-corrected chi connectivity index (χ1v) is 6.52. The first kappa shape index (κ1) is 15.7. The summed E-state index contributed by atoms with van der Waals surface area (Å²) in [5, 5.41) is 0. The van der Waals surface area contributed by atoms with E-state index in [2.05, 4.69) is 18.4 Å². The van der Waals surface area contributed by atoms with Gasteiger partial charge in [0, 0.05) is 5.56 Å². The first-order chi connectivity index (χ1) is 10.5. The van der Waals surface area contributed by atoms with Crippen LogP contribution in [0.25, 0.3) is 0 Å². The van der Waals surface area contributed by atoms with Crippen LogP contribution in [0.5, 0.6) is 5.75 Å². The van der Waals surface area contributed by atoms with Crippen molar-refractivity contribution in [2.75, 3.05) is 6.61 Å². The zero-order valence-electron chi connectivity index (χ0n) is 11.7. The van der Waals surface area contributed by atoms with Gasteiger partial charge in [-0.3, -0.25) is 0 Å². The Morgan fingerprint density at radius 2 is 1.82 bits per heavy atom. The van der Waals surface area contributed by atoms with Crippen LogP contribution in [0, 0.1) is 11.8 Å². The van der Waals surface area contributed by atoms with Gasteiger partial charge in [0.2, 0.25) is 0 Å². The number of hydrogen-bond acceptors (Lipinski definition) is 1. The van der Waals surface area contributed by atoms with Crippen molar-refractivity contribution in [1.82, 2.24) is 0 Å². The SMILES string of the molecule is C=CCOc1ccccc1C#Cc1cccc(C(F)(F)F)c1. The lowest BCUT2D eigenvalue weighted by atomic mass is 10.1. The molecule has 0 saturated carbocycles. The van der Waals surface area contributed by atoms with Crippen molar-refractivity contribution in [3.63, 3.8) is 0 Å². The molecule has 0 aliphatic heterocycles. The average Bonchev–Trinajstić information content (AvgIpc) is 2.51. The number of rotatable bonds is 3. The largest absolute Gasteiger partial charge is 0.488 e. The normalized spacial score (nSPS) is 10.5. The van der Waals surface area contributed by atoms with Crippen LogP contribution < -0.4 is 4.74 Å². The third kappa shape index (κ3) is 4.16. The molecule has 2 aromatic carbocycles. The summed E-state index contributed by atoms with van der Waals surface area (Å²) in [6.07, 6.45) is -2.76. The van der Waals surface area contributed by atoms with E-state index in [0.717, 1.165) is 12.1 Å². The monoisotopic (exact) mass is 302 g/mol. The summed E-state index contributed by atoms with van der Waals surface area (Å²) in [5.74, 6) is 6.15. The van der Waals surface area contributed by atoms with Crippen LogP contribution in [-0.4, -0.2) is 6.61 Å². The molecule has 0 aliphatic rings. The van der Waals surface area contributed by atoms with E-state index in [4.69, 9.17) is 4.74 Å². The van der Waals surface area contributed by atoms with Gasteiger partial charge < -0.3 is 4.74 Å². The van der Waals surface area contributed by atoms with E-state index >= 15 is 0 Å². The second-order valence-electron chi connectivity index (χ2n) is 4.42. The van der Waals surface area contributed by atoms with Gasteiger partial charge in [0.15, 0.2) is 0 Å². The van der Waals surface area contributed by atoms with Crippen molar-refractivity contribution < 1.29 is 17.9 Å². The van der Waals surface area contributed by atoms with Gasteiger partial charge >= 0.3 is 6.18 Å². The van der Waals surface area contributed by atoms with Crippen molar-refractivity contribution in [3.05, 3.63) is 77.9 Å². The Hall–Kier alpha value is -2.67. The van der Waals surface area contributed by atoms with Crippen LogP contribution in [0.2, 0.25) is 0 Å². The van der Waals surface area contributed by atoms with Crippen LogP contribution >= 0.6 is 0 Å². The lowest BCUT2D eigenvalue weighted by molar-refractivity contribution is -0.137. The highest BCUT2D eigenvalue weighted by Gasteiger charge is 2.30. The molecule has 0 heterocycles. The van der Waals surface area contributed by atoms with E-state index in [1.165, 1.54) is 12.1 Å². The Balaban J connectivity index is 2.29. The molecule has 1 nitrogen and oxygen atoms in total. The predicted octanol–water partition coefficient (Wildman–Crippen LogP) is 4.67. The molecule has 0 unspecified atom stereocenters. The van der Waals surface area contributed by atoms with Crippen molar-refractivity contribution in [1.29, 1.82) is 0 Å². The van der Waals surface area contributed by atoms with E-state index in [0.29, 0.717) is 23.5 Å². The van der Waals surface area contributed by atoms with E-state index < -0.39 is 11.7 Å². The summed E-state index contributed by atoms with van der Waals surface area (Å²) < 4.78 is 43.4. The fourth-order valence-electron chi connectivity index (χ4n) is 1.76. The molecule has 22 heavy (non-hydrogen) atoms. The smallest absolute Gasteiger partial charge is 0.416 e. The number of alkyl halides is 3. The van der Waals surface area contributed by atoms with Crippen molar-refractivity contribution >= 4 is 0 Å². The molecule has 4 heteroatoms. The summed E-state index contributed by atoms with van der Waals surface area (Å²) in [6.45, 7) is 3.90. The zero-order chi connectivity index (χ0) is 16.0. The number of para-hydroxylation sites is 1. The Morgan fingerprint density at radius 3 is 2.55 bits per heavy atom. The fraction of sp³-hybridized carbons (Fsp3) is 0.111. The van der Waals surface area contributed by atoms with Crippen molar-refractivity contribution in [2.24, 2.45) is 0 Å². The molecular formula is C18H13F3O. The van der Waals surface area contributed by atoms with Gasteiger partial charge in [-0.2, -0.15) is 13.2 Å². The number of benzene rings is 2.